The number of aliphatic hydroxyl groups is 1. The number of hydrogen-bond donors (Lipinski definition) is 1. The summed E-state index contributed by atoms with van der Waals surface area (Å²) in [6, 6.07) is 4.04. The van der Waals surface area contributed by atoms with Crippen LogP contribution in [-0.4, -0.2) is 29.3 Å². The SMILES string of the molecule is OC1CCN(c2ccc(I)nc2)C1. The topological polar surface area (TPSA) is 36.4 Å². The van der Waals surface area contributed by atoms with Crippen LogP contribution in [0.15, 0.2) is 18.3 Å². The molecule has 1 aromatic rings. The fourth-order valence-electron chi connectivity index (χ4n) is 1.53. The van der Waals surface area contributed by atoms with Gasteiger partial charge >= 0.3 is 0 Å². The number of halogens is 1. The van der Waals surface area contributed by atoms with Crippen LogP contribution in [-0.2, 0) is 0 Å². The molecule has 1 aromatic heterocycles. The molecule has 0 spiro atoms. The van der Waals surface area contributed by atoms with Gasteiger partial charge < -0.3 is 10.0 Å². The molecule has 0 radical (unpaired) electrons. The van der Waals surface area contributed by atoms with E-state index in [1.54, 1.807) is 0 Å². The van der Waals surface area contributed by atoms with Crippen molar-refractivity contribution in [1.29, 1.82) is 0 Å². The van der Waals surface area contributed by atoms with Gasteiger partial charge in [-0.25, -0.2) is 4.98 Å². The van der Waals surface area contributed by atoms with E-state index >= 15 is 0 Å². The van der Waals surface area contributed by atoms with Crippen molar-refractivity contribution >= 4 is 28.3 Å². The van der Waals surface area contributed by atoms with Crippen LogP contribution in [0.1, 0.15) is 6.42 Å². The van der Waals surface area contributed by atoms with E-state index < -0.39 is 0 Å². The zero-order valence-electron chi connectivity index (χ0n) is 7.15. The molecule has 0 amide bonds. The summed E-state index contributed by atoms with van der Waals surface area (Å²) in [6.07, 6.45) is 2.56. The molecule has 1 unspecified atom stereocenters. The maximum atomic E-state index is 9.35. The lowest BCUT2D eigenvalue weighted by molar-refractivity contribution is 0.198. The molecule has 1 atom stereocenters. The molecule has 1 saturated heterocycles. The van der Waals surface area contributed by atoms with Crippen LogP contribution in [0.4, 0.5) is 5.69 Å². The smallest absolute Gasteiger partial charge is 0.101 e. The van der Waals surface area contributed by atoms with E-state index in [1.807, 2.05) is 18.3 Å². The van der Waals surface area contributed by atoms with Crippen molar-refractivity contribution in [2.24, 2.45) is 0 Å². The second-order valence-electron chi connectivity index (χ2n) is 3.23. The molecule has 0 aromatic carbocycles. The number of rotatable bonds is 1. The molecule has 0 saturated carbocycles. The highest BCUT2D eigenvalue weighted by atomic mass is 127. The van der Waals surface area contributed by atoms with Crippen LogP contribution in [0.25, 0.3) is 0 Å². The Morgan fingerprint density at radius 3 is 2.92 bits per heavy atom. The fourth-order valence-corrected chi connectivity index (χ4v) is 1.85. The maximum Gasteiger partial charge on any atom is 0.101 e. The number of β-amino-alcohol motifs (C(OH)–C–C–N with tert-alkyl or cyclic N) is 1. The molecule has 1 aliphatic rings. The molecule has 1 aliphatic heterocycles. The Labute approximate surface area is 90.9 Å². The van der Waals surface area contributed by atoms with Crippen LogP contribution < -0.4 is 4.90 Å². The average molecular weight is 290 g/mol. The largest absolute Gasteiger partial charge is 0.391 e. The summed E-state index contributed by atoms with van der Waals surface area (Å²) >= 11 is 2.18. The minimum Gasteiger partial charge on any atom is -0.391 e. The average Bonchev–Trinajstić information content (AvgIpc) is 2.53. The molecule has 0 bridgehead atoms. The van der Waals surface area contributed by atoms with Gasteiger partial charge in [-0.2, -0.15) is 0 Å². The Balaban J connectivity index is 2.13. The third kappa shape index (κ3) is 2.11. The molecule has 3 nitrogen and oxygen atoms in total. The van der Waals surface area contributed by atoms with E-state index in [4.69, 9.17) is 0 Å². The minimum atomic E-state index is -0.167. The first kappa shape index (κ1) is 9.21. The number of nitrogens with zero attached hydrogens (tertiary/aromatic N) is 2. The summed E-state index contributed by atoms with van der Waals surface area (Å²) in [5.41, 5.74) is 1.11. The van der Waals surface area contributed by atoms with Gasteiger partial charge in [0.25, 0.3) is 0 Å². The van der Waals surface area contributed by atoms with Crippen LogP contribution in [0.3, 0.4) is 0 Å². The first-order valence-corrected chi connectivity index (χ1v) is 5.38. The quantitative estimate of drug-likeness (QED) is 0.625. The van der Waals surface area contributed by atoms with Crippen LogP contribution in [0, 0.1) is 3.70 Å². The number of pyridine rings is 1. The standard InChI is InChI=1S/C9H11IN2O/c10-9-2-1-7(5-11-9)12-4-3-8(13)6-12/h1-2,5,8,13H,3-4,6H2. The van der Waals surface area contributed by atoms with Crippen molar-refractivity contribution < 1.29 is 5.11 Å². The molecule has 13 heavy (non-hydrogen) atoms. The first-order chi connectivity index (χ1) is 6.25. The van der Waals surface area contributed by atoms with E-state index in [0.717, 1.165) is 28.9 Å². The molecule has 4 heteroatoms. The van der Waals surface area contributed by atoms with Crippen LogP contribution >= 0.6 is 22.6 Å². The number of hydrogen-bond acceptors (Lipinski definition) is 3. The van der Waals surface area contributed by atoms with Gasteiger partial charge in [0, 0.05) is 13.1 Å². The van der Waals surface area contributed by atoms with Gasteiger partial charge in [-0.1, -0.05) is 0 Å². The van der Waals surface area contributed by atoms with Gasteiger partial charge in [-0.15, -0.1) is 0 Å². The normalized spacial score (nSPS) is 22.3. The lowest BCUT2D eigenvalue weighted by Crippen LogP contribution is -2.21. The summed E-state index contributed by atoms with van der Waals surface area (Å²) in [5.74, 6) is 0. The Bertz CT molecular complexity index is 288. The molecule has 1 N–H and O–H groups in total. The third-order valence-electron chi connectivity index (χ3n) is 2.24. The van der Waals surface area contributed by atoms with Crippen LogP contribution in [0.2, 0.25) is 0 Å². The molecular weight excluding hydrogens is 279 g/mol. The van der Waals surface area contributed by atoms with Crippen molar-refractivity contribution in [2.45, 2.75) is 12.5 Å². The highest BCUT2D eigenvalue weighted by Gasteiger charge is 2.20. The van der Waals surface area contributed by atoms with Gasteiger partial charge in [0.15, 0.2) is 0 Å². The van der Waals surface area contributed by atoms with Crippen molar-refractivity contribution in [2.75, 3.05) is 18.0 Å². The van der Waals surface area contributed by atoms with Gasteiger partial charge in [0.05, 0.1) is 18.0 Å². The van der Waals surface area contributed by atoms with Crippen LogP contribution in [0.5, 0.6) is 0 Å². The summed E-state index contributed by atoms with van der Waals surface area (Å²) in [7, 11) is 0. The maximum absolute atomic E-state index is 9.35. The molecule has 0 aliphatic carbocycles. The van der Waals surface area contributed by atoms with Gasteiger partial charge in [0.2, 0.25) is 0 Å². The predicted octanol–water partition coefficient (Wildman–Crippen LogP) is 1.26. The summed E-state index contributed by atoms with van der Waals surface area (Å²) in [6.45, 7) is 1.67. The Morgan fingerprint density at radius 1 is 1.54 bits per heavy atom. The zero-order valence-corrected chi connectivity index (χ0v) is 9.31. The van der Waals surface area contributed by atoms with Gasteiger partial charge in [-0.3, -0.25) is 0 Å². The van der Waals surface area contributed by atoms with Gasteiger partial charge in [-0.05, 0) is 41.1 Å². The minimum absolute atomic E-state index is 0.167. The summed E-state index contributed by atoms with van der Waals surface area (Å²) < 4.78 is 1.00. The predicted molar refractivity (Wildman–Crippen MR) is 59.8 cm³/mol. The fraction of sp³-hybridized carbons (Fsp3) is 0.444. The number of aromatic nitrogens is 1. The molecule has 70 valence electrons. The summed E-state index contributed by atoms with van der Waals surface area (Å²) in [4.78, 5) is 6.37. The molecular formula is C9H11IN2O. The molecule has 1 fully saturated rings. The van der Waals surface area contributed by atoms with Crippen molar-refractivity contribution in [3.05, 3.63) is 22.0 Å². The monoisotopic (exact) mass is 290 g/mol. The van der Waals surface area contributed by atoms with Crippen molar-refractivity contribution in [3.63, 3.8) is 0 Å². The van der Waals surface area contributed by atoms with E-state index in [2.05, 4.69) is 32.5 Å². The number of aliphatic hydroxyl groups excluding tert-OH is 1. The van der Waals surface area contributed by atoms with Crippen molar-refractivity contribution in [3.8, 4) is 0 Å². The Morgan fingerprint density at radius 2 is 2.38 bits per heavy atom. The summed E-state index contributed by atoms with van der Waals surface area (Å²) in [5, 5.41) is 9.35. The third-order valence-corrected chi connectivity index (χ3v) is 2.88. The van der Waals surface area contributed by atoms with E-state index in [9.17, 15) is 5.11 Å². The van der Waals surface area contributed by atoms with E-state index in [-0.39, 0.29) is 6.10 Å². The lowest BCUT2D eigenvalue weighted by Gasteiger charge is -2.16. The lowest BCUT2D eigenvalue weighted by atomic mass is 10.3. The Hall–Kier alpha value is -0.360. The van der Waals surface area contributed by atoms with Crippen molar-refractivity contribution in [1.82, 2.24) is 4.98 Å². The van der Waals surface area contributed by atoms with E-state index in [1.165, 1.54) is 0 Å². The number of anilines is 1. The zero-order chi connectivity index (χ0) is 9.26. The highest BCUT2D eigenvalue weighted by Crippen LogP contribution is 2.19. The first-order valence-electron chi connectivity index (χ1n) is 4.30. The molecule has 2 rings (SSSR count). The van der Waals surface area contributed by atoms with Gasteiger partial charge in [0.1, 0.15) is 3.70 Å². The molecule has 2 heterocycles. The second-order valence-corrected chi connectivity index (χ2v) is 4.33. The Kier molecular flexibility index (Phi) is 2.69. The van der Waals surface area contributed by atoms with E-state index in [0.29, 0.717) is 0 Å². The second kappa shape index (κ2) is 3.79. The highest BCUT2D eigenvalue weighted by molar-refractivity contribution is 14.1.